The van der Waals surface area contributed by atoms with Gasteiger partial charge in [-0.1, -0.05) is 19.8 Å². The van der Waals surface area contributed by atoms with Crippen LogP contribution in [-0.2, 0) is 4.79 Å². The number of carbonyl (C=O) groups is 1. The monoisotopic (exact) mass is 386 g/mol. The van der Waals surface area contributed by atoms with Crippen molar-refractivity contribution in [3.05, 3.63) is 23.9 Å². The SMILES string of the molecule is COc1cc(NC2CCCC2)c2[nH]c(C3=NC(C(C)C(N)=O)CS3)cc2c1. The van der Waals surface area contributed by atoms with Crippen LogP contribution in [0.2, 0.25) is 0 Å². The summed E-state index contributed by atoms with van der Waals surface area (Å²) >= 11 is 1.67. The first-order valence-corrected chi connectivity index (χ1v) is 10.5. The summed E-state index contributed by atoms with van der Waals surface area (Å²) < 4.78 is 5.50. The van der Waals surface area contributed by atoms with E-state index in [0.717, 1.165) is 38.8 Å². The lowest BCUT2D eigenvalue weighted by Crippen LogP contribution is -2.30. The zero-order chi connectivity index (χ0) is 19.0. The number of rotatable bonds is 6. The second kappa shape index (κ2) is 7.46. The minimum atomic E-state index is -0.296. The maximum atomic E-state index is 11.5. The Morgan fingerprint density at radius 2 is 2.15 bits per heavy atom. The number of aromatic amines is 1. The molecule has 0 radical (unpaired) electrons. The minimum absolute atomic E-state index is 0.0560. The third-order valence-electron chi connectivity index (χ3n) is 5.58. The third kappa shape index (κ3) is 3.65. The van der Waals surface area contributed by atoms with Crippen LogP contribution in [0.15, 0.2) is 23.2 Å². The largest absolute Gasteiger partial charge is 0.497 e. The van der Waals surface area contributed by atoms with E-state index in [0.29, 0.717) is 6.04 Å². The van der Waals surface area contributed by atoms with Crippen molar-refractivity contribution in [2.45, 2.75) is 44.7 Å². The van der Waals surface area contributed by atoms with Crippen molar-refractivity contribution in [1.29, 1.82) is 0 Å². The standard InChI is InChI=1S/C20H26N4O2S/c1-11(19(21)25)17-10-27-20(24-17)16-8-12-7-14(26-2)9-15(18(12)23-16)22-13-5-3-4-6-13/h7-9,11,13,17,22-23H,3-6,10H2,1-2H3,(H2,21,25). The number of ether oxygens (including phenoxy) is 1. The van der Waals surface area contributed by atoms with E-state index in [1.54, 1.807) is 18.9 Å². The van der Waals surface area contributed by atoms with Gasteiger partial charge in [0.15, 0.2) is 0 Å². The topological polar surface area (TPSA) is 92.5 Å². The van der Waals surface area contributed by atoms with Gasteiger partial charge in [-0.2, -0.15) is 0 Å². The third-order valence-corrected chi connectivity index (χ3v) is 6.69. The van der Waals surface area contributed by atoms with Crippen LogP contribution in [0.25, 0.3) is 10.9 Å². The summed E-state index contributed by atoms with van der Waals surface area (Å²) in [4.78, 5) is 19.7. The van der Waals surface area contributed by atoms with Crippen LogP contribution in [0.4, 0.5) is 5.69 Å². The van der Waals surface area contributed by atoms with Gasteiger partial charge in [0.05, 0.1) is 36.0 Å². The number of benzene rings is 1. The number of carbonyl (C=O) groups excluding carboxylic acids is 1. The molecule has 2 aromatic rings. The van der Waals surface area contributed by atoms with Crippen LogP contribution in [0.1, 0.15) is 38.3 Å². The molecule has 1 aromatic heterocycles. The van der Waals surface area contributed by atoms with E-state index in [2.05, 4.69) is 22.4 Å². The fourth-order valence-electron chi connectivity index (χ4n) is 3.84. The molecule has 2 unspecified atom stereocenters. The number of methoxy groups -OCH3 is 1. The van der Waals surface area contributed by atoms with E-state index in [-0.39, 0.29) is 17.9 Å². The number of H-pyrrole nitrogens is 1. The molecule has 2 atom stereocenters. The molecule has 1 aromatic carbocycles. The number of hydrogen-bond acceptors (Lipinski definition) is 5. The molecule has 144 valence electrons. The summed E-state index contributed by atoms with van der Waals surface area (Å²) in [5.74, 6) is 1.08. The number of hydrogen-bond donors (Lipinski definition) is 3. The molecule has 1 fully saturated rings. The number of aromatic nitrogens is 1. The summed E-state index contributed by atoms with van der Waals surface area (Å²) in [6, 6.07) is 6.67. The van der Waals surface area contributed by atoms with Crippen molar-refractivity contribution in [2.24, 2.45) is 16.6 Å². The van der Waals surface area contributed by atoms with Crippen molar-refractivity contribution in [2.75, 3.05) is 18.2 Å². The van der Waals surface area contributed by atoms with Crippen LogP contribution in [0.3, 0.4) is 0 Å². The normalized spacial score (nSPS) is 21.4. The molecule has 0 bridgehead atoms. The molecule has 0 saturated heterocycles. The van der Waals surface area contributed by atoms with Crippen LogP contribution < -0.4 is 15.8 Å². The molecule has 7 heteroatoms. The molecule has 2 aliphatic rings. The van der Waals surface area contributed by atoms with E-state index >= 15 is 0 Å². The van der Waals surface area contributed by atoms with Crippen LogP contribution in [0.5, 0.6) is 5.75 Å². The summed E-state index contributed by atoms with van der Waals surface area (Å²) in [5.41, 5.74) is 8.58. The van der Waals surface area contributed by atoms with Crippen LogP contribution >= 0.6 is 11.8 Å². The Morgan fingerprint density at radius 1 is 1.37 bits per heavy atom. The van der Waals surface area contributed by atoms with E-state index in [9.17, 15) is 4.79 Å². The number of amides is 1. The van der Waals surface area contributed by atoms with Gasteiger partial charge in [0.1, 0.15) is 10.8 Å². The summed E-state index contributed by atoms with van der Waals surface area (Å²) in [7, 11) is 1.70. The average Bonchev–Trinajstić information content (AvgIpc) is 3.40. The zero-order valence-corrected chi connectivity index (χ0v) is 16.6. The molecule has 2 heterocycles. The Morgan fingerprint density at radius 3 is 2.85 bits per heavy atom. The number of fused-ring (bicyclic) bond motifs is 1. The number of thioether (sulfide) groups is 1. The number of anilines is 1. The molecule has 4 rings (SSSR count). The summed E-state index contributed by atoms with van der Waals surface area (Å²) in [6.07, 6.45) is 4.99. The molecule has 27 heavy (non-hydrogen) atoms. The molecule has 1 saturated carbocycles. The first-order chi connectivity index (χ1) is 13.0. The predicted octanol–water partition coefficient (Wildman–Crippen LogP) is 3.51. The molecule has 1 amide bonds. The Balaban J connectivity index is 1.67. The van der Waals surface area contributed by atoms with Gasteiger partial charge in [-0.3, -0.25) is 9.79 Å². The highest BCUT2D eigenvalue weighted by molar-refractivity contribution is 8.14. The second-order valence-electron chi connectivity index (χ2n) is 7.45. The lowest BCUT2D eigenvalue weighted by atomic mass is 10.0. The van der Waals surface area contributed by atoms with Crippen molar-refractivity contribution >= 4 is 39.3 Å². The van der Waals surface area contributed by atoms with E-state index < -0.39 is 0 Å². The number of nitrogens with two attached hydrogens (primary N) is 1. The lowest BCUT2D eigenvalue weighted by molar-refractivity contribution is -0.121. The predicted molar refractivity (Wildman–Crippen MR) is 112 cm³/mol. The van der Waals surface area contributed by atoms with Gasteiger partial charge in [0, 0.05) is 23.2 Å². The molecular weight excluding hydrogens is 360 g/mol. The number of nitrogens with zero attached hydrogens (tertiary/aromatic N) is 1. The van der Waals surface area contributed by atoms with E-state index in [1.807, 2.05) is 13.0 Å². The molecule has 0 spiro atoms. The fourth-order valence-corrected chi connectivity index (χ4v) is 5.00. The Kier molecular flexibility index (Phi) is 5.04. The Bertz CT molecular complexity index is 885. The van der Waals surface area contributed by atoms with Crippen molar-refractivity contribution in [3.63, 3.8) is 0 Å². The highest BCUT2D eigenvalue weighted by atomic mass is 32.2. The summed E-state index contributed by atoms with van der Waals surface area (Å²) in [6.45, 7) is 1.85. The van der Waals surface area contributed by atoms with Crippen molar-refractivity contribution in [1.82, 2.24) is 4.98 Å². The highest BCUT2D eigenvalue weighted by Gasteiger charge is 2.28. The van der Waals surface area contributed by atoms with E-state index in [1.165, 1.54) is 25.7 Å². The van der Waals surface area contributed by atoms with Gasteiger partial charge >= 0.3 is 0 Å². The van der Waals surface area contributed by atoms with Crippen LogP contribution in [0, 0.1) is 5.92 Å². The number of aliphatic imine (C=N–C) groups is 1. The van der Waals surface area contributed by atoms with Gasteiger partial charge in [-0.05, 0) is 25.0 Å². The molecule has 1 aliphatic heterocycles. The smallest absolute Gasteiger partial charge is 0.222 e. The van der Waals surface area contributed by atoms with Crippen molar-refractivity contribution in [3.8, 4) is 5.75 Å². The second-order valence-corrected chi connectivity index (χ2v) is 8.46. The first-order valence-electron chi connectivity index (χ1n) is 9.52. The first kappa shape index (κ1) is 18.2. The number of nitrogens with one attached hydrogen (secondary N) is 2. The molecule has 1 aliphatic carbocycles. The minimum Gasteiger partial charge on any atom is -0.497 e. The zero-order valence-electron chi connectivity index (χ0n) is 15.7. The van der Waals surface area contributed by atoms with Gasteiger partial charge < -0.3 is 20.8 Å². The van der Waals surface area contributed by atoms with Gasteiger partial charge in [-0.15, -0.1) is 11.8 Å². The number of primary amides is 1. The quantitative estimate of drug-likeness (QED) is 0.708. The maximum Gasteiger partial charge on any atom is 0.222 e. The fraction of sp³-hybridized carbons (Fsp3) is 0.500. The van der Waals surface area contributed by atoms with Crippen molar-refractivity contribution < 1.29 is 9.53 Å². The maximum absolute atomic E-state index is 11.5. The average molecular weight is 387 g/mol. The Labute approximate surface area is 163 Å². The lowest BCUT2D eigenvalue weighted by Gasteiger charge is -2.15. The van der Waals surface area contributed by atoms with Gasteiger partial charge in [-0.25, -0.2) is 0 Å². The molecule has 4 N–H and O–H groups in total. The molecular formula is C20H26N4O2S. The highest BCUT2D eigenvalue weighted by Crippen LogP contribution is 2.34. The van der Waals surface area contributed by atoms with Gasteiger partial charge in [0.25, 0.3) is 0 Å². The van der Waals surface area contributed by atoms with Crippen LogP contribution in [-0.4, -0.2) is 40.9 Å². The van der Waals surface area contributed by atoms with E-state index in [4.69, 9.17) is 15.5 Å². The molecule has 6 nitrogen and oxygen atoms in total. The van der Waals surface area contributed by atoms with Gasteiger partial charge in [0.2, 0.25) is 5.91 Å². The Hall–Kier alpha value is -2.15. The summed E-state index contributed by atoms with van der Waals surface area (Å²) in [5, 5.41) is 5.72.